The molecular formula is C6H4Cl3NO2. The number of aromatic nitrogens is 1. The molecule has 0 fully saturated rings. The lowest BCUT2D eigenvalue weighted by Crippen LogP contribution is -2.18. The summed E-state index contributed by atoms with van der Waals surface area (Å²) in [4.78, 5) is 13.5. The fourth-order valence-corrected chi connectivity index (χ4v) is 0.974. The van der Waals surface area contributed by atoms with Crippen molar-refractivity contribution in [1.29, 1.82) is 0 Å². The minimum atomic E-state index is -1.99. The monoisotopic (exact) mass is 227 g/mol. The molecule has 0 saturated carbocycles. The second-order valence-electron chi connectivity index (χ2n) is 2.08. The third kappa shape index (κ3) is 2.06. The number of nitrogens with one attached hydrogen (secondary N) is 1. The summed E-state index contributed by atoms with van der Waals surface area (Å²) in [6, 6.07) is 2.63. The van der Waals surface area contributed by atoms with Gasteiger partial charge in [0.2, 0.25) is 5.78 Å². The van der Waals surface area contributed by atoms with E-state index in [9.17, 15) is 4.79 Å². The lowest BCUT2D eigenvalue weighted by Gasteiger charge is -2.06. The van der Waals surface area contributed by atoms with E-state index >= 15 is 0 Å². The number of hydrogen-bond donors (Lipinski definition) is 2. The summed E-state index contributed by atoms with van der Waals surface area (Å²) >= 11 is 15.9. The summed E-state index contributed by atoms with van der Waals surface area (Å²) in [6.45, 7) is 0. The van der Waals surface area contributed by atoms with E-state index in [1.54, 1.807) is 0 Å². The van der Waals surface area contributed by atoms with Gasteiger partial charge in [0.25, 0.3) is 3.79 Å². The average molecular weight is 228 g/mol. The van der Waals surface area contributed by atoms with E-state index in [2.05, 4.69) is 4.98 Å². The third-order valence-electron chi connectivity index (χ3n) is 1.17. The molecule has 0 radical (unpaired) electrons. The van der Waals surface area contributed by atoms with Gasteiger partial charge < -0.3 is 10.1 Å². The van der Waals surface area contributed by atoms with E-state index in [1.807, 2.05) is 0 Å². The van der Waals surface area contributed by atoms with E-state index < -0.39 is 9.58 Å². The Hall–Kier alpha value is -0.380. The fraction of sp³-hybridized carbons (Fsp3) is 0.167. The maximum atomic E-state index is 11.1. The summed E-state index contributed by atoms with van der Waals surface area (Å²) in [5, 5.41) is 8.83. The van der Waals surface area contributed by atoms with Crippen LogP contribution in [0.1, 0.15) is 10.5 Å². The van der Waals surface area contributed by atoms with Crippen LogP contribution in [0.2, 0.25) is 0 Å². The number of carbonyl (C=O) groups is 1. The first-order valence-electron chi connectivity index (χ1n) is 2.91. The highest BCUT2D eigenvalue weighted by atomic mass is 35.6. The first kappa shape index (κ1) is 9.71. The van der Waals surface area contributed by atoms with E-state index in [0.717, 1.165) is 0 Å². The van der Waals surface area contributed by atoms with Gasteiger partial charge in [0, 0.05) is 6.07 Å². The highest BCUT2D eigenvalue weighted by Gasteiger charge is 2.32. The van der Waals surface area contributed by atoms with Crippen molar-refractivity contribution in [3.63, 3.8) is 0 Å². The van der Waals surface area contributed by atoms with Gasteiger partial charge in [-0.3, -0.25) is 4.79 Å². The molecule has 0 saturated heterocycles. The molecule has 0 aliphatic carbocycles. The van der Waals surface area contributed by atoms with Crippen molar-refractivity contribution in [3.8, 4) is 5.88 Å². The Morgan fingerprint density at radius 3 is 2.33 bits per heavy atom. The molecule has 1 rings (SSSR count). The number of ketones is 1. The Bertz CT molecular complexity index is 302. The molecule has 6 heteroatoms. The Balaban J connectivity index is 2.93. The molecule has 3 nitrogen and oxygen atoms in total. The van der Waals surface area contributed by atoms with Crippen molar-refractivity contribution in [3.05, 3.63) is 17.8 Å². The Morgan fingerprint density at radius 1 is 1.42 bits per heavy atom. The predicted octanol–water partition coefficient (Wildman–Crippen LogP) is 2.27. The van der Waals surface area contributed by atoms with Crippen LogP contribution in [0.15, 0.2) is 12.1 Å². The van der Waals surface area contributed by atoms with Crippen LogP contribution in [0, 0.1) is 0 Å². The summed E-state index contributed by atoms with van der Waals surface area (Å²) < 4.78 is -1.99. The maximum absolute atomic E-state index is 11.1. The van der Waals surface area contributed by atoms with Gasteiger partial charge in [-0.2, -0.15) is 0 Å². The van der Waals surface area contributed by atoms with Crippen molar-refractivity contribution in [2.45, 2.75) is 3.79 Å². The number of Topliss-reactive ketones (excluding diaryl/α,β-unsaturated/α-hetero) is 1. The number of aromatic hydroxyl groups is 1. The van der Waals surface area contributed by atoms with Crippen LogP contribution in [-0.2, 0) is 0 Å². The van der Waals surface area contributed by atoms with E-state index in [-0.39, 0.29) is 11.6 Å². The average Bonchev–Trinajstić information content (AvgIpc) is 2.32. The molecule has 1 heterocycles. The number of carbonyl (C=O) groups excluding carboxylic acids is 1. The second-order valence-corrected chi connectivity index (χ2v) is 4.37. The fourth-order valence-electron chi connectivity index (χ4n) is 0.669. The molecule has 0 aromatic carbocycles. The molecule has 12 heavy (non-hydrogen) atoms. The lowest BCUT2D eigenvalue weighted by atomic mass is 10.3. The smallest absolute Gasteiger partial charge is 0.254 e. The van der Waals surface area contributed by atoms with Gasteiger partial charge in [0.1, 0.15) is 0 Å². The minimum Gasteiger partial charge on any atom is -0.495 e. The predicted molar refractivity (Wildman–Crippen MR) is 47.1 cm³/mol. The zero-order valence-electron chi connectivity index (χ0n) is 5.64. The Morgan fingerprint density at radius 2 is 2.00 bits per heavy atom. The Labute approximate surface area is 83.2 Å². The van der Waals surface area contributed by atoms with Gasteiger partial charge in [0.05, 0.1) is 5.69 Å². The first-order valence-corrected chi connectivity index (χ1v) is 4.04. The molecule has 1 aromatic rings. The minimum absolute atomic E-state index is 0.0625. The van der Waals surface area contributed by atoms with E-state index in [4.69, 9.17) is 39.9 Å². The van der Waals surface area contributed by atoms with Crippen molar-refractivity contribution < 1.29 is 9.90 Å². The molecule has 0 spiro atoms. The van der Waals surface area contributed by atoms with E-state index in [1.165, 1.54) is 12.1 Å². The van der Waals surface area contributed by atoms with Crippen LogP contribution in [0.4, 0.5) is 0 Å². The number of halogens is 3. The van der Waals surface area contributed by atoms with Gasteiger partial charge in [-0.05, 0) is 6.07 Å². The molecule has 0 atom stereocenters. The van der Waals surface area contributed by atoms with Crippen LogP contribution >= 0.6 is 34.8 Å². The molecule has 0 bridgehead atoms. The van der Waals surface area contributed by atoms with Gasteiger partial charge in [-0.15, -0.1) is 0 Å². The number of aromatic amines is 1. The Kier molecular flexibility index (Phi) is 2.56. The SMILES string of the molecule is O=C(c1ccc(O)[nH]1)C(Cl)(Cl)Cl. The van der Waals surface area contributed by atoms with Gasteiger partial charge in [0.15, 0.2) is 5.88 Å². The molecule has 0 aliphatic rings. The van der Waals surface area contributed by atoms with Crippen LogP contribution < -0.4 is 0 Å². The summed E-state index contributed by atoms with van der Waals surface area (Å²) in [7, 11) is 0. The van der Waals surface area contributed by atoms with Gasteiger partial charge in [-0.1, -0.05) is 34.8 Å². The summed E-state index contributed by atoms with van der Waals surface area (Å²) in [5.41, 5.74) is 0.0625. The third-order valence-corrected chi connectivity index (χ3v) is 1.69. The highest BCUT2D eigenvalue weighted by Crippen LogP contribution is 2.30. The molecule has 66 valence electrons. The maximum Gasteiger partial charge on any atom is 0.254 e. The van der Waals surface area contributed by atoms with Crippen molar-refractivity contribution in [2.24, 2.45) is 0 Å². The van der Waals surface area contributed by atoms with E-state index in [0.29, 0.717) is 0 Å². The van der Waals surface area contributed by atoms with Gasteiger partial charge in [-0.25, -0.2) is 0 Å². The molecule has 0 aliphatic heterocycles. The van der Waals surface area contributed by atoms with Gasteiger partial charge >= 0.3 is 0 Å². The topological polar surface area (TPSA) is 53.1 Å². The molecular weight excluding hydrogens is 224 g/mol. The van der Waals surface area contributed by atoms with Crippen LogP contribution in [0.25, 0.3) is 0 Å². The van der Waals surface area contributed by atoms with Crippen LogP contribution in [0.5, 0.6) is 5.88 Å². The number of rotatable bonds is 1. The van der Waals surface area contributed by atoms with Crippen molar-refractivity contribution in [2.75, 3.05) is 0 Å². The highest BCUT2D eigenvalue weighted by molar-refractivity contribution is 6.77. The second kappa shape index (κ2) is 3.17. The summed E-state index contributed by atoms with van der Waals surface area (Å²) in [5.74, 6) is -0.847. The molecule has 0 amide bonds. The molecule has 2 N–H and O–H groups in total. The number of H-pyrrole nitrogens is 1. The van der Waals surface area contributed by atoms with Crippen LogP contribution in [0.3, 0.4) is 0 Å². The van der Waals surface area contributed by atoms with Crippen molar-refractivity contribution >= 4 is 40.6 Å². The quantitative estimate of drug-likeness (QED) is 0.572. The summed E-state index contributed by atoms with van der Waals surface area (Å²) in [6.07, 6.45) is 0. The first-order chi connectivity index (χ1) is 5.41. The zero-order chi connectivity index (χ0) is 9.35. The lowest BCUT2D eigenvalue weighted by molar-refractivity contribution is 0.0991. The molecule has 1 aromatic heterocycles. The number of hydrogen-bond acceptors (Lipinski definition) is 2. The standard InChI is InChI=1S/C6H4Cl3NO2/c7-6(8,9)5(12)3-1-2-4(11)10-3/h1-2,10-11H. The zero-order valence-corrected chi connectivity index (χ0v) is 7.91. The number of alkyl halides is 3. The van der Waals surface area contributed by atoms with Crippen LogP contribution in [-0.4, -0.2) is 19.7 Å². The largest absolute Gasteiger partial charge is 0.495 e. The van der Waals surface area contributed by atoms with Crippen molar-refractivity contribution in [1.82, 2.24) is 4.98 Å². The molecule has 0 unspecified atom stereocenters. The normalized spacial score (nSPS) is 11.6.